The number of carbonyl (C=O) groups is 2. The van der Waals surface area contributed by atoms with Crippen molar-refractivity contribution in [1.29, 1.82) is 0 Å². The minimum Gasteiger partial charge on any atom is -0.481 e. The largest absolute Gasteiger partial charge is 0.481 e. The summed E-state index contributed by atoms with van der Waals surface area (Å²) in [5.74, 6) is -0.920. The van der Waals surface area contributed by atoms with E-state index in [2.05, 4.69) is 5.32 Å². The molecule has 18 heavy (non-hydrogen) atoms. The van der Waals surface area contributed by atoms with Crippen LogP contribution in [0.2, 0.25) is 0 Å². The molecule has 2 amide bonds. The SMILES string of the molecule is CN(C)CCNC(=O)N1CCOCC1CC(=O)O. The van der Waals surface area contributed by atoms with Crippen LogP contribution in [0, 0.1) is 0 Å². The fraction of sp³-hybridized carbons (Fsp3) is 0.818. The van der Waals surface area contributed by atoms with Gasteiger partial charge in [-0.05, 0) is 14.1 Å². The number of likely N-dealkylation sites (N-methyl/N-ethyl adjacent to an activating group) is 1. The zero-order chi connectivity index (χ0) is 13.5. The van der Waals surface area contributed by atoms with Crippen LogP contribution in [0.25, 0.3) is 0 Å². The van der Waals surface area contributed by atoms with Gasteiger partial charge in [-0.2, -0.15) is 0 Å². The Labute approximate surface area is 107 Å². The summed E-state index contributed by atoms with van der Waals surface area (Å²) in [6, 6.07) is -0.595. The first-order valence-electron chi connectivity index (χ1n) is 5.99. The molecule has 0 aliphatic carbocycles. The summed E-state index contributed by atoms with van der Waals surface area (Å²) in [6.07, 6.45) is -0.0822. The number of rotatable bonds is 5. The van der Waals surface area contributed by atoms with E-state index in [1.807, 2.05) is 19.0 Å². The minimum absolute atomic E-state index is 0.0822. The molecular weight excluding hydrogens is 238 g/mol. The Bertz CT molecular complexity index is 296. The van der Waals surface area contributed by atoms with Crippen molar-refractivity contribution in [2.75, 3.05) is 46.9 Å². The lowest BCUT2D eigenvalue weighted by Crippen LogP contribution is -2.53. The maximum atomic E-state index is 11.9. The summed E-state index contributed by atoms with van der Waals surface area (Å²) < 4.78 is 5.21. The normalized spacial score (nSPS) is 19.9. The highest BCUT2D eigenvalue weighted by Crippen LogP contribution is 2.10. The van der Waals surface area contributed by atoms with Crippen LogP contribution in [0.1, 0.15) is 6.42 Å². The van der Waals surface area contributed by atoms with E-state index in [4.69, 9.17) is 9.84 Å². The number of carboxylic acid groups (broad SMARTS) is 1. The van der Waals surface area contributed by atoms with Crippen molar-refractivity contribution in [1.82, 2.24) is 15.1 Å². The van der Waals surface area contributed by atoms with Gasteiger partial charge in [0.2, 0.25) is 0 Å². The van der Waals surface area contributed by atoms with Gasteiger partial charge in [-0.15, -0.1) is 0 Å². The Morgan fingerprint density at radius 1 is 1.50 bits per heavy atom. The standard InChI is InChI=1S/C11H21N3O4/c1-13(2)4-3-12-11(17)14-5-6-18-8-9(14)7-10(15)16/h9H,3-8H2,1-2H3,(H,12,17)(H,15,16). The van der Waals surface area contributed by atoms with Gasteiger partial charge >= 0.3 is 12.0 Å². The third kappa shape index (κ3) is 4.89. The number of hydrogen-bond donors (Lipinski definition) is 2. The molecule has 7 nitrogen and oxygen atoms in total. The molecule has 1 aliphatic heterocycles. The van der Waals surface area contributed by atoms with Crippen LogP contribution in [-0.2, 0) is 9.53 Å². The molecule has 0 radical (unpaired) electrons. The molecular formula is C11H21N3O4. The van der Waals surface area contributed by atoms with Crippen molar-refractivity contribution in [3.63, 3.8) is 0 Å². The monoisotopic (exact) mass is 259 g/mol. The Balaban J connectivity index is 2.44. The predicted octanol–water partition coefficient (Wildman–Crippen LogP) is -0.567. The average Bonchev–Trinajstić information content (AvgIpc) is 2.28. The lowest BCUT2D eigenvalue weighted by molar-refractivity contribution is -0.139. The van der Waals surface area contributed by atoms with E-state index < -0.39 is 5.97 Å². The van der Waals surface area contributed by atoms with Gasteiger partial charge in [0.25, 0.3) is 0 Å². The number of hydrogen-bond acceptors (Lipinski definition) is 4. The van der Waals surface area contributed by atoms with E-state index in [-0.39, 0.29) is 25.1 Å². The van der Waals surface area contributed by atoms with Crippen LogP contribution in [0.5, 0.6) is 0 Å². The second-order valence-corrected chi connectivity index (χ2v) is 4.56. The molecule has 1 unspecified atom stereocenters. The number of urea groups is 1. The summed E-state index contributed by atoms with van der Waals surface area (Å²) in [6.45, 7) is 2.47. The molecule has 104 valence electrons. The Morgan fingerprint density at radius 2 is 2.22 bits per heavy atom. The van der Waals surface area contributed by atoms with Crippen LogP contribution in [0.15, 0.2) is 0 Å². The van der Waals surface area contributed by atoms with Crippen molar-refractivity contribution in [2.45, 2.75) is 12.5 Å². The van der Waals surface area contributed by atoms with Crippen LogP contribution < -0.4 is 5.32 Å². The van der Waals surface area contributed by atoms with Gasteiger partial charge in [0, 0.05) is 19.6 Å². The van der Waals surface area contributed by atoms with Gasteiger partial charge in [0.1, 0.15) is 0 Å². The lowest BCUT2D eigenvalue weighted by Gasteiger charge is -2.34. The van der Waals surface area contributed by atoms with Crippen LogP contribution in [-0.4, -0.2) is 79.9 Å². The molecule has 7 heteroatoms. The van der Waals surface area contributed by atoms with Gasteiger partial charge in [0.15, 0.2) is 0 Å². The number of carbonyl (C=O) groups excluding carboxylic acids is 1. The third-order valence-electron chi connectivity index (χ3n) is 2.73. The molecule has 0 spiro atoms. The van der Waals surface area contributed by atoms with Crippen LogP contribution in [0.4, 0.5) is 4.79 Å². The van der Waals surface area contributed by atoms with Gasteiger partial charge in [-0.3, -0.25) is 4.79 Å². The molecule has 1 atom stereocenters. The molecule has 0 aromatic heterocycles. The quantitative estimate of drug-likeness (QED) is 0.691. The third-order valence-corrected chi connectivity index (χ3v) is 2.73. The highest BCUT2D eigenvalue weighted by molar-refractivity contribution is 5.76. The number of ether oxygens (including phenoxy) is 1. The second-order valence-electron chi connectivity index (χ2n) is 4.56. The second kappa shape index (κ2) is 7.17. The number of aliphatic carboxylic acids is 1. The zero-order valence-electron chi connectivity index (χ0n) is 10.9. The molecule has 0 saturated carbocycles. The predicted molar refractivity (Wildman–Crippen MR) is 65.5 cm³/mol. The smallest absolute Gasteiger partial charge is 0.317 e. The molecule has 1 rings (SSSR count). The first-order chi connectivity index (χ1) is 8.50. The summed E-state index contributed by atoms with van der Waals surface area (Å²) in [4.78, 5) is 26.2. The first-order valence-corrected chi connectivity index (χ1v) is 5.99. The van der Waals surface area contributed by atoms with E-state index in [0.29, 0.717) is 19.7 Å². The van der Waals surface area contributed by atoms with E-state index in [1.165, 1.54) is 0 Å². The molecule has 1 fully saturated rings. The van der Waals surface area contributed by atoms with Crippen molar-refractivity contribution in [2.24, 2.45) is 0 Å². The summed E-state index contributed by atoms with van der Waals surface area (Å²) in [7, 11) is 3.85. The molecule has 1 heterocycles. The molecule has 0 bridgehead atoms. The fourth-order valence-corrected chi connectivity index (χ4v) is 1.78. The summed E-state index contributed by atoms with van der Waals surface area (Å²) >= 11 is 0. The van der Waals surface area contributed by atoms with Crippen molar-refractivity contribution in [3.05, 3.63) is 0 Å². The Hall–Kier alpha value is -1.34. The van der Waals surface area contributed by atoms with Gasteiger partial charge in [0.05, 0.1) is 25.7 Å². The number of amides is 2. The van der Waals surface area contributed by atoms with E-state index >= 15 is 0 Å². The first kappa shape index (κ1) is 14.7. The van der Waals surface area contributed by atoms with Crippen LogP contribution in [0.3, 0.4) is 0 Å². The van der Waals surface area contributed by atoms with Gasteiger partial charge in [-0.25, -0.2) is 4.79 Å². The van der Waals surface area contributed by atoms with Crippen LogP contribution >= 0.6 is 0 Å². The highest BCUT2D eigenvalue weighted by atomic mass is 16.5. The van der Waals surface area contributed by atoms with Crippen molar-refractivity contribution in [3.8, 4) is 0 Å². The summed E-state index contributed by atoms with van der Waals surface area (Å²) in [5, 5.41) is 11.6. The fourth-order valence-electron chi connectivity index (χ4n) is 1.78. The summed E-state index contributed by atoms with van der Waals surface area (Å²) in [5.41, 5.74) is 0. The zero-order valence-corrected chi connectivity index (χ0v) is 10.9. The Morgan fingerprint density at radius 3 is 2.83 bits per heavy atom. The number of nitrogens with zero attached hydrogens (tertiary/aromatic N) is 2. The Kier molecular flexibility index (Phi) is 5.87. The molecule has 1 saturated heterocycles. The van der Waals surface area contributed by atoms with Crippen molar-refractivity contribution >= 4 is 12.0 Å². The molecule has 2 N–H and O–H groups in total. The number of nitrogens with one attached hydrogen (secondary N) is 1. The highest BCUT2D eigenvalue weighted by Gasteiger charge is 2.28. The molecule has 0 aromatic carbocycles. The van der Waals surface area contributed by atoms with E-state index in [9.17, 15) is 9.59 Å². The number of morpholine rings is 1. The van der Waals surface area contributed by atoms with Gasteiger partial charge in [-0.1, -0.05) is 0 Å². The minimum atomic E-state index is -0.920. The van der Waals surface area contributed by atoms with Gasteiger partial charge < -0.3 is 25.0 Å². The molecule has 1 aliphatic rings. The molecule has 0 aromatic rings. The maximum absolute atomic E-state index is 11.9. The topological polar surface area (TPSA) is 82.1 Å². The van der Waals surface area contributed by atoms with Crippen molar-refractivity contribution < 1.29 is 19.4 Å². The number of carboxylic acids is 1. The van der Waals surface area contributed by atoms with E-state index in [0.717, 1.165) is 6.54 Å². The van der Waals surface area contributed by atoms with E-state index in [1.54, 1.807) is 4.90 Å². The lowest BCUT2D eigenvalue weighted by atomic mass is 10.1. The average molecular weight is 259 g/mol. The maximum Gasteiger partial charge on any atom is 0.317 e.